The van der Waals surface area contributed by atoms with Crippen LogP contribution in [0.2, 0.25) is 0 Å². The van der Waals surface area contributed by atoms with Crippen LogP contribution in [0.3, 0.4) is 0 Å². The molecule has 0 radical (unpaired) electrons. The summed E-state index contributed by atoms with van der Waals surface area (Å²) in [7, 11) is 0. The third-order valence-electron chi connectivity index (χ3n) is 4.24. The number of nitro groups is 1. The third-order valence-corrected chi connectivity index (χ3v) is 5.10. The summed E-state index contributed by atoms with van der Waals surface area (Å²) in [5.41, 5.74) is 3.16. The number of fused-ring (bicyclic) bond motifs is 1. The van der Waals surface area contributed by atoms with Crippen LogP contribution in [-0.4, -0.2) is 29.2 Å². The van der Waals surface area contributed by atoms with Crippen LogP contribution in [0.1, 0.15) is 12.5 Å². The van der Waals surface area contributed by atoms with Gasteiger partial charge in [-0.15, -0.1) is 11.3 Å². The van der Waals surface area contributed by atoms with E-state index in [4.69, 9.17) is 9.47 Å². The monoisotopic (exact) mass is 422 g/mol. The van der Waals surface area contributed by atoms with Gasteiger partial charge in [0.05, 0.1) is 23.4 Å². The molecule has 3 aromatic rings. The molecule has 0 saturated carbocycles. The van der Waals surface area contributed by atoms with Gasteiger partial charge in [0, 0.05) is 23.1 Å². The van der Waals surface area contributed by atoms with Crippen molar-refractivity contribution in [2.45, 2.75) is 6.92 Å². The summed E-state index contributed by atoms with van der Waals surface area (Å²) in [5, 5.41) is 17.7. The molecular weight excluding hydrogens is 404 g/mol. The first-order chi connectivity index (χ1) is 14.5. The maximum atomic E-state index is 11.2. The molecule has 0 saturated heterocycles. The largest absolute Gasteiger partial charge is 0.454 e. The molecule has 0 unspecified atom stereocenters. The van der Waals surface area contributed by atoms with Gasteiger partial charge in [-0.25, -0.2) is 4.68 Å². The lowest BCUT2D eigenvalue weighted by Crippen LogP contribution is -2.13. The Morgan fingerprint density at radius 1 is 1.30 bits per heavy atom. The van der Waals surface area contributed by atoms with Gasteiger partial charge in [-0.3, -0.25) is 15.1 Å². The van der Waals surface area contributed by atoms with Crippen LogP contribution in [0.5, 0.6) is 11.5 Å². The van der Waals surface area contributed by atoms with Crippen LogP contribution < -0.4 is 14.3 Å². The van der Waals surface area contributed by atoms with Crippen LogP contribution in [-0.2, 0) is 0 Å². The van der Waals surface area contributed by atoms with Gasteiger partial charge < -0.3 is 9.47 Å². The predicted molar refractivity (Wildman–Crippen MR) is 115 cm³/mol. The zero-order valence-corrected chi connectivity index (χ0v) is 17.0. The highest BCUT2D eigenvalue weighted by Crippen LogP contribution is 2.32. The standard InChI is InChI=1S/C21H18N4O4S/c1-14(2)10-22-21-24(23-11-15-6-7-19-20(8-15)29-13-28-19)18(12-30-21)16-4-3-5-17(9-16)25(26)27/h3-9,11-12H,1,10,13H2,2H3. The summed E-state index contributed by atoms with van der Waals surface area (Å²) < 4.78 is 12.4. The summed E-state index contributed by atoms with van der Waals surface area (Å²) in [6.07, 6.45) is 1.69. The van der Waals surface area contributed by atoms with E-state index in [1.165, 1.54) is 23.5 Å². The molecule has 0 bridgehead atoms. The van der Waals surface area contributed by atoms with E-state index in [0.29, 0.717) is 34.1 Å². The number of nitrogens with zero attached hydrogens (tertiary/aromatic N) is 4. The molecule has 2 heterocycles. The first-order valence-electron chi connectivity index (χ1n) is 9.05. The van der Waals surface area contributed by atoms with Crippen molar-refractivity contribution in [3.63, 3.8) is 0 Å². The van der Waals surface area contributed by atoms with Crippen LogP contribution in [0, 0.1) is 10.1 Å². The molecule has 152 valence electrons. The Kier molecular flexibility index (Phi) is 5.44. The summed E-state index contributed by atoms with van der Waals surface area (Å²) in [6.45, 7) is 6.46. The van der Waals surface area contributed by atoms with Crippen molar-refractivity contribution in [1.82, 2.24) is 4.68 Å². The molecule has 1 aliphatic heterocycles. The maximum absolute atomic E-state index is 11.2. The van der Waals surface area contributed by atoms with E-state index < -0.39 is 4.92 Å². The highest BCUT2D eigenvalue weighted by atomic mass is 32.1. The Hall–Kier alpha value is -3.72. The lowest BCUT2D eigenvalue weighted by Gasteiger charge is -2.04. The second-order valence-electron chi connectivity index (χ2n) is 6.65. The van der Waals surface area contributed by atoms with Gasteiger partial charge >= 0.3 is 0 Å². The molecule has 30 heavy (non-hydrogen) atoms. The van der Waals surface area contributed by atoms with Gasteiger partial charge in [0.15, 0.2) is 11.5 Å². The molecule has 9 heteroatoms. The number of nitro benzene ring substituents is 1. The Balaban J connectivity index is 1.77. The molecule has 8 nitrogen and oxygen atoms in total. The van der Waals surface area contributed by atoms with E-state index in [2.05, 4.69) is 16.7 Å². The molecule has 0 fully saturated rings. The van der Waals surface area contributed by atoms with Crippen molar-refractivity contribution in [2.24, 2.45) is 10.1 Å². The molecule has 2 aromatic carbocycles. The summed E-state index contributed by atoms with van der Waals surface area (Å²) in [6, 6.07) is 12.0. The van der Waals surface area contributed by atoms with Crippen molar-refractivity contribution in [3.05, 3.63) is 80.5 Å². The third kappa shape index (κ3) is 4.15. The van der Waals surface area contributed by atoms with Gasteiger partial charge in [-0.05, 0) is 30.7 Å². The Morgan fingerprint density at radius 2 is 2.13 bits per heavy atom. The van der Waals surface area contributed by atoms with E-state index in [0.717, 1.165) is 11.1 Å². The molecule has 4 rings (SSSR count). The highest BCUT2D eigenvalue weighted by Gasteiger charge is 2.14. The second kappa shape index (κ2) is 8.34. The second-order valence-corrected chi connectivity index (χ2v) is 7.49. The lowest BCUT2D eigenvalue weighted by molar-refractivity contribution is -0.384. The van der Waals surface area contributed by atoms with E-state index in [1.54, 1.807) is 17.0 Å². The Bertz CT molecular complexity index is 1230. The van der Waals surface area contributed by atoms with Gasteiger partial charge in [-0.2, -0.15) is 5.10 Å². The predicted octanol–water partition coefficient (Wildman–Crippen LogP) is 4.21. The average Bonchev–Trinajstić information content (AvgIpc) is 3.37. The quantitative estimate of drug-likeness (QED) is 0.257. The number of aromatic nitrogens is 1. The van der Waals surface area contributed by atoms with Gasteiger partial charge in [0.25, 0.3) is 5.69 Å². The molecule has 0 amide bonds. The normalized spacial score (nSPS) is 13.2. The van der Waals surface area contributed by atoms with E-state index in [-0.39, 0.29) is 12.5 Å². The minimum absolute atomic E-state index is 0.0189. The summed E-state index contributed by atoms with van der Waals surface area (Å²) in [5.74, 6) is 1.37. The fourth-order valence-electron chi connectivity index (χ4n) is 2.82. The number of rotatable bonds is 6. The number of hydrogen-bond donors (Lipinski definition) is 0. The maximum Gasteiger partial charge on any atom is 0.270 e. The Labute approximate surface area is 176 Å². The topological polar surface area (TPSA) is 91.2 Å². The zero-order valence-electron chi connectivity index (χ0n) is 16.1. The molecule has 1 aromatic heterocycles. The molecule has 0 atom stereocenters. The van der Waals surface area contributed by atoms with Gasteiger partial charge in [0.2, 0.25) is 11.6 Å². The van der Waals surface area contributed by atoms with E-state index in [1.807, 2.05) is 36.6 Å². The number of thiazole rings is 1. The zero-order chi connectivity index (χ0) is 21.1. The number of hydrogen-bond acceptors (Lipinski definition) is 7. The summed E-state index contributed by atoms with van der Waals surface area (Å²) in [4.78, 5) is 16.0. The highest BCUT2D eigenvalue weighted by molar-refractivity contribution is 7.07. The van der Waals surface area contributed by atoms with Crippen molar-refractivity contribution in [2.75, 3.05) is 13.3 Å². The number of benzene rings is 2. The molecule has 0 aliphatic carbocycles. The van der Waals surface area contributed by atoms with Crippen molar-refractivity contribution in [3.8, 4) is 22.8 Å². The minimum atomic E-state index is -0.414. The minimum Gasteiger partial charge on any atom is -0.454 e. The Morgan fingerprint density at radius 3 is 2.93 bits per heavy atom. The fraction of sp³-hybridized carbons (Fsp3) is 0.143. The van der Waals surface area contributed by atoms with E-state index in [9.17, 15) is 10.1 Å². The smallest absolute Gasteiger partial charge is 0.270 e. The van der Waals surface area contributed by atoms with Crippen molar-refractivity contribution in [1.29, 1.82) is 0 Å². The van der Waals surface area contributed by atoms with E-state index >= 15 is 0 Å². The molecule has 1 aliphatic rings. The van der Waals surface area contributed by atoms with Gasteiger partial charge in [0.1, 0.15) is 0 Å². The van der Waals surface area contributed by atoms with Crippen molar-refractivity contribution >= 4 is 23.2 Å². The first kappa shape index (κ1) is 19.6. The first-order valence-corrected chi connectivity index (χ1v) is 9.93. The average molecular weight is 422 g/mol. The molecular formula is C21H18N4O4S. The van der Waals surface area contributed by atoms with Crippen LogP contribution in [0.25, 0.3) is 11.3 Å². The van der Waals surface area contributed by atoms with Crippen LogP contribution >= 0.6 is 11.3 Å². The lowest BCUT2D eigenvalue weighted by atomic mass is 10.1. The fourth-order valence-corrected chi connectivity index (χ4v) is 3.65. The van der Waals surface area contributed by atoms with Crippen LogP contribution in [0.15, 0.2) is 70.1 Å². The molecule has 0 spiro atoms. The van der Waals surface area contributed by atoms with Crippen LogP contribution in [0.4, 0.5) is 5.69 Å². The number of non-ortho nitro benzene ring substituents is 1. The number of ether oxygens (including phenoxy) is 2. The summed E-state index contributed by atoms with van der Waals surface area (Å²) >= 11 is 1.41. The molecule has 0 N–H and O–H groups in total. The van der Waals surface area contributed by atoms with Gasteiger partial charge in [-0.1, -0.05) is 24.3 Å². The SMILES string of the molecule is C=C(C)CN=c1scc(-c2cccc([N+](=O)[O-])c2)n1N=Cc1ccc2c(c1)OCO2. The van der Waals surface area contributed by atoms with Crippen molar-refractivity contribution < 1.29 is 14.4 Å².